The average Bonchev–Trinajstić information content (AvgIpc) is 2.47. The Kier molecular flexibility index (Phi) is 6.68. The number of carbonyl (C=O) groups is 2. The van der Waals surface area contributed by atoms with Crippen molar-refractivity contribution in [2.24, 2.45) is 0 Å². The number of likely N-dealkylation sites (N-methyl/N-ethyl adjacent to an activating group) is 1. The first-order chi connectivity index (χ1) is 9.97. The van der Waals surface area contributed by atoms with Gasteiger partial charge in [0.25, 0.3) is 0 Å². The number of rotatable bonds is 6. The topological polar surface area (TPSA) is 70.7 Å². The third-order valence-electron chi connectivity index (χ3n) is 3.11. The molecule has 0 aliphatic carbocycles. The monoisotopic (exact) mass is 293 g/mol. The summed E-state index contributed by atoms with van der Waals surface area (Å²) in [6, 6.07) is 7.46. The fourth-order valence-corrected chi connectivity index (χ4v) is 1.71. The van der Waals surface area contributed by atoms with E-state index in [9.17, 15) is 9.59 Å². The van der Waals surface area contributed by atoms with Crippen LogP contribution in [0.1, 0.15) is 25.5 Å². The molecule has 0 spiro atoms. The van der Waals surface area contributed by atoms with Crippen LogP contribution in [0.25, 0.3) is 0 Å². The summed E-state index contributed by atoms with van der Waals surface area (Å²) >= 11 is 0. The van der Waals surface area contributed by atoms with Crippen LogP contribution in [0.5, 0.6) is 0 Å². The summed E-state index contributed by atoms with van der Waals surface area (Å²) < 4.78 is 4.80. The summed E-state index contributed by atoms with van der Waals surface area (Å²) in [5.74, 6) is -0.423. The Bertz CT molecular complexity index is 474. The molecule has 2 amide bonds. The van der Waals surface area contributed by atoms with Gasteiger partial charge in [0.2, 0.25) is 0 Å². The van der Waals surface area contributed by atoms with Gasteiger partial charge in [0.15, 0.2) is 0 Å². The molecule has 21 heavy (non-hydrogen) atoms. The van der Waals surface area contributed by atoms with Gasteiger partial charge in [0, 0.05) is 18.8 Å². The van der Waals surface area contributed by atoms with Crippen molar-refractivity contribution in [1.82, 2.24) is 10.2 Å². The van der Waals surface area contributed by atoms with E-state index in [1.54, 1.807) is 14.0 Å². The van der Waals surface area contributed by atoms with E-state index in [2.05, 4.69) is 17.6 Å². The van der Waals surface area contributed by atoms with Gasteiger partial charge in [-0.3, -0.25) is 4.79 Å². The Balaban J connectivity index is 2.56. The lowest BCUT2D eigenvalue weighted by Gasteiger charge is -2.17. The molecule has 0 aliphatic rings. The van der Waals surface area contributed by atoms with E-state index in [0.717, 1.165) is 5.56 Å². The molecule has 0 aromatic heterocycles. The second-order valence-corrected chi connectivity index (χ2v) is 4.72. The molecule has 6 heteroatoms. The number of amides is 2. The third kappa shape index (κ3) is 5.43. The van der Waals surface area contributed by atoms with Crippen molar-refractivity contribution < 1.29 is 14.3 Å². The summed E-state index contributed by atoms with van der Waals surface area (Å²) in [7, 11) is 3.44. The zero-order valence-electron chi connectivity index (χ0n) is 13.0. The molecule has 0 fully saturated rings. The summed E-state index contributed by atoms with van der Waals surface area (Å²) in [4.78, 5) is 24.5. The van der Waals surface area contributed by atoms with Gasteiger partial charge in [-0.25, -0.2) is 4.79 Å². The number of urea groups is 1. The first kappa shape index (κ1) is 17.0. The Morgan fingerprint density at radius 1 is 1.29 bits per heavy atom. The zero-order valence-corrected chi connectivity index (χ0v) is 13.0. The maximum Gasteiger partial charge on any atom is 0.325 e. The van der Waals surface area contributed by atoms with Crippen molar-refractivity contribution in [1.29, 1.82) is 0 Å². The van der Waals surface area contributed by atoms with E-state index in [0.29, 0.717) is 12.3 Å². The third-order valence-corrected chi connectivity index (χ3v) is 3.11. The van der Waals surface area contributed by atoms with Crippen molar-refractivity contribution in [2.75, 3.05) is 32.6 Å². The van der Waals surface area contributed by atoms with Gasteiger partial charge in [-0.05, 0) is 38.6 Å². The smallest absolute Gasteiger partial charge is 0.325 e. The van der Waals surface area contributed by atoms with E-state index in [-0.39, 0.29) is 18.6 Å². The van der Waals surface area contributed by atoms with Crippen molar-refractivity contribution >= 4 is 17.7 Å². The Morgan fingerprint density at radius 2 is 1.90 bits per heavy atom. The molecule has 2 N–H and O–H groups in total. The summed E-state index contributed by atoms with van der Waals surface area (Å²) in [6.07, 6.45) is 0. The molecule has 1 unspecified atom stereocenters. The fourth-order valence-electron chi connectivity index (χ4n) is 1.71. The van der Waals surface area contributed by atoms with E-state index >= 15 is 0 Å². The lowest BCUT2D eigenvalue weighted by atomic mass is 10.1. The van der Waals surface area contributed by atoms with Crippen LogP contribution in [0.2, 0.25) is 0 Å². The molecule has 1 aromatic rings. The van der Waals surface area contributed by atoms with Crippen LogP contribution in [0.4, 0.5) is 10.5 Å². The van der Waals surface area contributed by atoms with E-state index < -0.39 is 5.97 Å². The van der Waals surface area contributed by atoms with Gasteiger partial charge in [0.05, 0.1) is 6.61 Å². The number of carbonyl (C=O) groups excluding carboxylic acids is 2. The highest BCUT2D eigenvalue weighted by Crippen LogP contribution is 2.15. The quantitative estimate of drug-likeness (QED) is 0.787. The lowest BCUT2D eigenvalue weighted by molar-refractivity contribution is -0.143. The number of esters is 1. The SMILES string of the molecule is CCOC(=O)CN(C)C(=O)Nc1ccc(C(C)NC)cc1. The van der Waals surface area contributed by atoms with Crippen LogP contribution in [-0.2, 0) is 9.53 Å². The molecular weight excluding hydrogens is 270 g/mol. The predicted molar refractivity (Wildman–Crippen MR) is 82.2 cm³/mol. The number of nitrogens with one attached hydrogen (secondary N) is 2. The minimum Gasteiger partial charge on any atom is -0.465 e. The largest absolute Gasteiger partial charge is 0.465 e. The van der Waals surface area contributed by atoms with Crippen LogP contribution in [0.3, 0.4) is 0 Å². The normalized spacial score (nSPS) is 11.6. The van der Waals surface area contributed by atoms with Crippen LogP contribution in [-0.4, -0.2) is 44.1 Å². The van der Waals surface area contributed by atoms with Crippen LogP contribution >= 0.6 is 0 Å². The highest BCUT2D eigenvalue weighted by Gasteiger charge is 2.13. The number of anilines is 1. The molecule has 0 heterocycles. The van der Waals surface area contributed by atoms with Crippen molar-refractivity contribution in [2.45, 2.75) is 19.9 Å². The van der Waals surface area contributed by atoms with E-state index in [4.69, 9.17) is 4.74 Å². The molecule has 0 bridgehead atoms. The average molecular weight is 293 g/mol. The van der Waals surface area contributed by atoms with E-state index in [1.807, 2.05) is 31.3 Å². The molecule has 1 atom stereocenters. The first-order valence-electron chi connectivity index (χ1n) is 6.92. The van der Waals surface area contributed by atoms with Gasteiger partial charge < -0.3 is 20.3 Å². The summed E-state index contributed by atoms with van der Waals surface area (Å²) in [5, 5.41) is 5.88. The van der Waals surface area contributed by atoms with Gasteiger partial charge in [-0.2, -0.15) is 0 Å². The fraction of sp³-hybridized carbons (Fsp3) is 0.467. The minimum absolute atomic E-state index is 0.0749. The number of hydrogen-bond acceptors (Lipinski definition) is 4. The highest BCUT2D eigenvalue weighted by molar-refractivity contribution is 5.91. The van der Waals surface area contributed by atoms with Crippen LogP contribution < -0.4 is 10.6 Å². The lowest BCUT2D eigenvalue weighted by Crippen LogP contribution is -2.36. The van der Waals surface area contributed by atoms with Crippen LogP contribution in [0, 0.1) is 0 Å². The molecule has 0 saturated heterocycles. The van der Waals surface area contributed by atoms with Crippen molar-refractivity contribution in [3.8, 4) is 0 Å². The van der Waals surface area contributed by atoms with Gasteiger partial charge in [-0.15, -0.1) is 0 Å². The molecule has 116 valence electrons. The number of hydrogen-bond donors (Lipinski definition) is 2. The maximum absolute atomic E-state index is 11.9. The minimum atomic E-state index is -0.423. The molecule has 0 saturated carbocycles. The molecular formula is C15H23N3O3. The zero-order chi connectivity index (χ0) is 15.8. The van der Waals surface area contributed by atoms with Crippen molar-refractivity contribution in [3.63, 3.8) is 0 Å². The predicted octanol–water partition coefficient (Wildman–Crippen LogP) is 1.99. The molecule has 1 aromatic carbocycles. The Labute approximate surface area is 125 Å². The highest BCUT2D eigenvalue weighted by atomic mass is 16.5. The summed E-state index contributed by atoms with van der Waals surface area (Å²) in [6.45, 7) is 4.01. The van der Waals surface area contributed by atoms with Gasteiger partial charge in [-0.1, -0.05) is 12.1 Å². The number of nitrogens with zero attached hydrogens (tertiary/aromatic N) is 1. The number of ether oxygens (including phenoxy) is 1. The molecule has 6 nitrogen and oxygen atoms in total. The van der Waals surface area contributed by atoms with E-state index in [1.165, 1.54) is 4.90 Å². The maximum atomic E-state index is 11.9. The molecule has 0 aliphatic heterocycles. The Morgan fingerprint density at radius 3 is 2.43 bits per heavy atom. The second kappa shape index (κ2) is 8.26. The first-order valence-corrected chi connectivity index (χ1v) is 6.92. The molecule has 1 rings (SSSR count). The van der Waals surface area contributed by atoms with Crippen LogP contribution in [0.15, 0.2) is 24.3 Å². The molecule has 0 radical (unpaired) electrons. The van der Waals surface area contributed by atoms with Gasteiger partial charge >= 0.3 is 12.0 Å². The summed E-state index contributed by atoms with van der Waals surface area (Å²) in [5.41, 5.74) is 1.82. The number of benzene rings is 1. The standard InChI is InChI=1S/C15H23N3O3/c1-5-21-14(19)10-18(4)15(20)17-13-8-6-12(7-9-13)11(2)16-3/h6-9,11,16H,5,10H2,1-4H3,(H,17,20). The van der Waals surface area contributed by atoms with Gasteiger partial charge in [0.1, 0.15) is 6.54 Å². The Hall–Kier alpha value is -2.08. The second-order valence-electron chi connectivity index (χ2n) is 4.72. The van der Waals surface area contributed by atoms with Crippen molar-refractivity contribution in [3.05, 3.63) is 29.8 Å².